The number of nitrogens with two attached hydrogens (primary N) is 1. The van der Waals surface area contributed by atoms with Gasteiger partial charge in [-0.1, -0.05) is 53.2 Å². The quantitative estimate of drug-likeness (QED) is 0.823. The predicted molar refractivity (Wildman–Crippen MR) is 89.8 cm³/mol. The number of hydrogen-bond acceptors (Lipinski definition) is 2. The molecule has 2 N–H and O–H groups in total. The van der Waals surface area contributed by atoms with Gasteiger partial charge in [0.1, 0.15) is 0 Å². The van der Waals surface area contributed by atoms with Crippen LogP contribution < -0.4 is 5.73 Å². The number of halogens is 1. The molecule has 0 bridgehead atoms. The second-order valence-electron chi connectivity index (χ2n) is 5.62. The maximum absolute atomic E-state index is 12.8. The Balaban J connectivity index is 2.20. The lowest BCUT2D eigenvalue weighted by Gasteiger charge is -2.32. The van der Waals surface area contributed by atoms with E-state index in [1.54, 1.807) is 0 Å². The van der Waals surface area contributed by atoms with Gasteiger partial charge in [-0.05, 0) is 31.4 Å². The average Bonchev–Trinajstić information content (AvgIpc) is 2.90. The third-order valence-electron chi connectivity index (χ3n) is 4.00. The van der Waals surface area contributed by atoms with Crippen LogP contribution in [0.3, 0.4) is 0 Å². The average molecular weight is 351 g/mol. The van der Waals surface area contributed by atoms with Crippen molar-refractivity contribution >= 4 is 21.8 Å². The highest BCUT2D eigenvalue weighted by Crippen LogP contribution is 2.30. The first kappa shape index (κ1) is 16.2. The highest BCUT2D eigenvalue weighted by molar-refractivity contribution is 9.10. The highest BCUT2D eigenvalue weighted by Gasteiger charge is 2.30. The van der Waals surface area contributed by atoms with E-state index < -0.39 is 0 Å². The maximum Gasteiger partial charge on any atom is 0.230 e. The smallest absolute Gasteiger partial charge is 0.230 e. The lowest BCUT2D eigenvalue weighted by Crippen LogP contribution is -2.38. The van der Waals surface area contributed by atoms with Crippen LogP contribution in [0.2, 0.25) is 0 Å². The summed E-state index contributed by atoms with van der Waals surface area (Å²) >= 11 is 3.59. The van der Waals surface area contributed by atoms with Crippen molar-refractivity contribution in [3.63, 3.8) is 0 Å². The fourth-order valence-electron chi connectivity index (χ4n) is 2.84. The fourth-order valence-corrected chi connectivity index (χ4v) is 3.46. The highest BCUT2D eigenvalue weighted by atomic mass is 79.9. The van der Waals surface area contributed by atoms with Gasteiger partial charge in [0.05, 0.1) is 12.0 Å². The molecule has 0 radical (unpaired) electrons. The maximum atomic E-state index is 12.8. The van der Waals surface area contributed by atoms with Crippen LogP contribution in [0.1, 0.15) is 38.3 Å². The van der Waals surface area contributed by atoms with Gasteiger partial charge in [-0.25, -0.2) is 0 Å². The predicted octanol–water partition coefficient (Wildman–Crippen LogP) is 3.65. The summed E-state index contributed by atoms with van der Waals surface area (Å²) in [7, 11) is 0. The standard InChI is InChI=1S/C17H23BrN2O/c1-3-10-20(17(21)13-8-9-14(19)11-13)12(2)15-6-4-5-7-16(15)18/h4-9,12-14H,3,10-11,19H2,1-2H3. The molecular formula is C17H23BrN2O. The Kier molecular flexibility index (Phi) is 5.59. The van der Waals surface area contributed by atoms with Crippen LogP contribution in [0.4, 0.5) is 0 Å². The zero-order valence-corrected chi connectivity index (χ0v) is 14.2. The molecule has 1 aliphatic rings. The van der Waals surface area contributed by atoms with E-state index in [1.165, 1.54) is 0 Å². The lowest BCUT2D eigenvalue weighted by molar-refractivity contribution is -0.136. The monoisotopic (exact) mass is 350 g/mol. The molecule has 0 fully saturated rings. The molecule has 0 heterocycles. The molecular weight excluding hydrogens is 328 g/mol. The molecule has 3 nitrogen and oxygen atoms in total. The van der Waals surface area contributed by atoms with Gasteiger partial charge in [-0.15, -0.1) is 0 Å². The summed E-state index contributed by atoms with van der Waals surface area (Å²) in [6.07, 6.45) is 5.57. The van der Waals surface area contributed by atoms with Crippen LogP contribution >= 0.6 is 15.9 Å². The molecule has 3 unspecified atom stereocenters. The van der Waals surface area contributed by atoms with Crippen molar-refractivity contribution in [2.24, 2.45) is 11.7 Å². The molecule has 114 valence electrons. The number of hydrogen-bond donors (Lipinski definition) is 1. The molecule has 1 aromatic carbocycles. The third kappa shape index (κ3) is 3.74. The molecule has 0 aromatic heterocycles. The van der Waals surface area contributed by atoms with Crippen LogP contribution in [-0.2, 0) is 4.79 Å². The summed E-state index contributed by atoms with van der Waals surface area (Å²) in [4.78, 5) is 14.8. The number of carbonyl (C=O) groups is 1. The van der Waals surface area contributed by atoms with E-state index >= 15 is 0 Å². The van der Waals surface area contributed by atoms with E-state index in [0.717, 1.165) is 29.4 Å². The summed E-state index contributed by atoms with van der Waals surface area (Å²) in [5.41, 5.74) is 7.03. The molecule has 0 spiro atoms. The molecule has 2 rings (SSSR count). The fraction of sp³-hybridized carbons (Fsp3) is 0.471. The van der Waals surface area contributed by atoms with Crippen molar-refractivity contribution in [3.05, 3.63) is 46.5 Å². The summed E-state index contributed by atoms with van der Waals surface area (Å²) in [6.45, 7) is 4.95. The molecule has 4 heteroatoms. The van der Waals surface area contributed by atoms with Crippen molar-refractivity contribution < 1.29 is 4.79 Å². The number of benzene rings is 1. The van der Waals surface area contributed by atoms with E-state index in [-0.39, 0.29) is 23.9 Å². The summed E-state index contributed by atoms with van der Waals surface area (Å²) < 4.78 is 1.05. The Bertz CT molecular complexity index is 529. The van der Waals surface area contributed by atoms with Gasteiger partial charge in [0.2, 0.25) is 5.91 Å². The van der Waals surface area contributed by atoms with Gasteiger partial charge >= 0.3 is 0 Å². The topological polar surface area (TPSA) is 46.3 Å². The van der Waals surface area contributed by atoms with Crippen LogP contribution in [0, 0.1) is 5.92 Å². The molecule has 1 amide bonds. The molecule has 1 aliphatic carbocycles. The van der Waals surface area contributed by atoms with Crippen LogP contribution in [0.25, 0.3) is 0 Å². The van der Waals surface area contributed by atoms with Crippen molar-refractivity contribution in [1.82, 2.24) is 4.90 Å². The Morgan fingerprint density at radius 2 is 2.14 bits per heavy atom. The van der Waals surface area contributed by atoms with E-state index in [2.05, 4.69) is 35.8 Å². The van der Waals surface area contributed by atoms with Crippen molar-refractivity contribution in [2.45, 2.75) is 38.8 Å². The van der Waals surface area contributed by atoms with Gasteiger partial charge in [0, 0.05) is 17.1 Å². The van der Waals surface area contributed by atoms with Gasteiger partial charge in [-0.2, -0.15) is 0 Å². The minimum Gasteiger partial charge on any atom is -0.335 e. The largest absolute Gasteiger partial charge is 0.335 e. The van der Waals surface area contributed by atoms with E-state index in [1.807, 2.05) is 35.3 Å². The zero-order chi connectivity index (χ0) is 15.4. The summed E-state index contributed by atoms with van der Waals surface area (Å²) in [5, 5.41) is 0. The van der Waals surface area contributed by atoms with Gasteiger partial charge in [0.25, 0.3) is 0 Å². The molecule has 0 saturated carbocycles. The number of nitrogens with zero attached hydrogens (tertiary/aromatic N) is 1. The second-order valence-corrected chi connectivity index (χ2v) is 6.47. The minimum atomic E-state index is -0.0727. The van der Waals surface area contributed by atoms with Crippen molar-refractivity contribution in [3.8, 4) is 0 Å². The van der Waals surface area contributed by atoms with Gasteiger partial charge < -0.3 is 10.6 Å². The second kappa shape index (κ2) is 7.23. The van der Waals surface area contributed by atoms with Crippen LogP contribution in [0.15, 0.2) is 40.9 Å². The summed E-state index contributed by atoms with van der Waals surface area (Å²) in [6, 6.07) is 8.16. The van der Waals surface area contributed by atoms with Crippen molar-refractivity contribution in [1.29, 1.82) is 0 Å². The molecule has 0 saturated heterocycles. The van der Waals surface area contributed by atoms with E-state index in [0.29, 0.717) is 0 Å². The molecule has 1 aromatic rings. The van der Waals surface area contributed by atoms with E-state index in [4.69, 9.17) is 5.73 Å². The number of carbonyl (C=O) groups excluding carboxylic acids is 1. The first-order valence-corrected chi connectivity index (χ1v) is 8.32. The van der Waals surface area contributed by atoms with Gasteiger partial charge in [0.15, 0.2) is 0 Å². The molecule has 3 atom stereocenters. The molecule has 21 heavy (non-hydrogen) atoms. The Hall–Kier alpha value is -1.13. The Morgan fingerprint density at radius 3 is 2.71 bits per heavy atom. The lowest BCUT2D eigenvalue weighted by atomic mass is 10.0. The normalized spacial score (nSPS) is 22.3. The Labute approximate surface area is 135 Å². The number of rotatable bonds is 5. The van der Waals surface area contributed by atoms with Crippen LogP contribution in [0.5, 0.6) is 0 Å². The molecule has 0 aliphatic heterocycles. The Morgan fingerprint density at radius 1 is 1.43 bits per heavy atom. The number of amides is 1. The van der Waals surface area contributed by atoms with Crippen molar-refractivity contribution in [2.75, 3.05) is 6.54 Å². The first-order chi connectivity index (χ1) is 10.0. The van der Waals surface area contributed by atoms with E-state index in [9.17, 15) is 4.79 Å². The zero-order valence-electron chi connectivity index (χ0n) is 12.6. The first-order valence-electron chi connectivity index (χ1n) is 7.53. The SMILES string of the molecule is CCCN(C(=O)C1C=CC(N)C1)C(C)c1ccccc1Br. The van der Waals surface area contributed by atoms with Crippen LogP contribution in [-0.4, -0.2) is 23.4 Å². The third-order valence-corrected chi connectivity index (χ3v) is 4.73. The van der Waals surface area contributed by atoms with Gasteiger partial charge in [-0.3, -0.25) is 4.79 Å². The minimum absolute atomic E-state index is 0.0150. The summed E-state index contributed by atoms with van der Waals surface area (Å²) in [5.74, 6) is 0.112.